The number of halogens is 1. The normalized spacial score (nSPS) is 40.9. The molecule has 2 heteroatoms. The molecular formula is C16H27FO. The van der Waals surface area contributed by atoms with Crippen molar-refractivity contribution in [2.24, 2.45) is 23.7 Å². The first-order valence-electron chi connectivity index (χ1n) is 7.64. The highest BCUT2D eigenvalue weighted by molar-refractivity contribution is 5.01. The van der Waals surface area contributed by atoms with Gasteiger partial charge in [-0.25, -0.2) is 4.39 Å². The zero-order valence-electron chi connectivity index (χ0n) is 11.5. The Morgan fingerprint density at radius 2 is 2.00 bits per heavy atom. The molecule has 0 heterocycles. The van der Waals surface area contributed by atoms with E-state index in [1.807, 2.05) is 0 Å². The molecule has 0 aromatic heterocycles. The van der Waals surface area contributed by atoms with Crippen LogP contribution in [0.2, 0.25) is 0 Å². The van der Waals surface area contributed by atoms with E-state index >= 15 is 0 Å². The summed E-state index contributed by atoms with van der Waals surface area (Å²) in [5.74, 6) is 1.93. The first-order chi connectivity index (χ1) is 8.70. The van der Waals surface area contributed by atoms with E-state index in [2.05, 4.69) is 19.1 Å². The minimum absolute atomic E-state index is 0.250. The Kier molecular flexibility index (Phi) is 5.23. The monoisotopic (exact) mass is 254 g/mol. The summed E-state index contributed by atoms with van der Waals surface area (Å²) in [7, 11) is 0. The van der Waals surface area contributed by atoms with E-state index in [9.17, 15) is 4.39 Å². The molecule has 1 fully saturated rings. The second-order valence-electron chi connectivity index (χ2n) is 6.33. The fourth-order valence-corrected chi connectivity index (χ4v) is 3.68. The predicted molar refractivity (Wildman–Crippen MR) is 73.1 cm³/mol. The van der Waals surface area contributed by atoms with E-state index in [0.29, 0.717) is 17.8 Å². The van der Waals surface area contributed by atoms with Gasteiger partial charge < -0.3 is 5.11 Å². The Morgan fingerprint density at radius 1 is 1.17 bits per heavy atom. The van der Waals surface area contributed by atoms with Gasteiger partial charge in [0.05, 0.1) is 0 Å². The van der Waals surface area contributed by atoms with Crippen molar-refractivity contribution in [3.63, 3.8) is 0 Å². The minimum Gasteiger partial charge on any atom is -0.396 e. The maximum atomic E-state index is 14.3. The SMILES string of the molecule is CC1C=CC(C2CCC(CCCO)CC2F)CC1. The van der Waals surface area contributed by atoms with Crippen molar-refractivity contribution in [2.45, 2.75) is 58.0 Å². The van der Waals surface area contributed by atoms with E-state index in [-0.39, 0.29) is 12.5 Å². The maximum Gasteiger partial charge on any atom is 0.104 e. The molecule has 1 saturated carbocycles. The quantitative estimate of drug-likeness (QED) is 0.748. The number of hydrogen-bond acceptors (Lipinski definition) is 1. The van der Waals surface area contributed by atoms with Crippen molar-refractivity contribution >= 4 is 0 Å². The predicted octanol–water partition coefficient (Wildman–Crippen LogP) is 4.12. The molecule has 0 amide bonds. The van der Waals surface area contributed by atoms with E-state index in [1.54, 1.807) is 0 Å². The zero-order chi connectivity index (χ0) is 13.0. The van der Waals surface area contributed by atoms with Crippen molar-refractivity contribution in [1.29, 1.82) is 0 Å². The van der Waals surface area contributed by atoms with Crippen LogP contribution in [0.3, 0.4) is 0 Å². The van der Waals surface area contributed by atoms with Gasteiger partial charge in [0.2, 0.25) is 0 Å². The molecule has 18 heavy (non-hydrogen) atoms. The standard InChI is InChI=1S/C16H27FO/c1-12-4-7-14(8-5-12)15-9-6-13(3-2-10-18)11-16(15)17/h4,7,12-16,18H,2-3,5-6,8-11H2,1H3. The van der Waals surface area contributed by atoms with Crippen LogP contribution in [0.5, 0.6) is 0 Å². The van der Waals surface area contributed by atoms with Gasteiger partial charge >= 0.3 is 0 Å². The van der Waals surface area contributed by atoms with Crippen LogP contribution in [0, 0.1) is 23.7 Å². The van der Waals surface area contributed by atoms with Gasteiger partial charge in [-0.2, -0.15) is 0 Å². The summed E-state index contributed by atoms with van der Waals surface area (Å²) < 4.78 is 14.3. The summed E-state index contributed by atoms with van der Waals surface area (Å²) in [6, 6.07) is 0. The fraction of sp³-hybridized carbons (Fsp3) is 0.875. The van der Waals surface area contributed by atoms with Gasteiger partial charge in [0.25, 0.3) is 0 Å². The third-order valence-electron chi connectivity index (χ3n) is 4.89. The van der Waals surface area contributed by atoms with Crippen LogP contribution in [0.1, 0.15) is 51.9 Å². The Bertz CT molecular complexity index is 276. The van der Waals surface area contributed by atoms with E-state index in [0.717, 1.165) is 32.1 Å². The lowest BCUT2D eigenvalue weighted by Gasteiger charge is -2.37. The molecule has 2 aliphatic rings. The molecule has 1 N–H and O–H groups in total. The Morgan fingerprint density at radius 3 is 2.61 bits per heavy atom. The average molecular weight is 254 g/mol. The van der Waals surface area contributed by atoms with Crippen LogP contribution in [0.4, 0.5) is 4.39 Å². The van der Waals surface area contributed by atoms with Crippen molar-refractivity contribution in [1.82, 2.24) is 0 Å². The number of aliphatic hydroxyl groups is 1. The van der Waals surface area contributed by atoms with Crippen molar-refractivity contribution in [3.8, 4) is 0 Å². The lowest BCUT2D eigenvalue weighted by atomic mass is 9.70. The van der Waals surface area contributed by atoms with Crippen molar-refractivity contribution in [3.05, 3.63) is 12.2 Å². The van der Waals surface area contributed by atoms with Gasteiger partial charge in [-0.15, -0.1) is 0 Å². The van der Waals surface area contributed by atoms with E-state index in [1.165, 1.54) is 12.8 Å². The van der Waals surface area contributed by atoms with Gasteiger partial charge in [-0.05, 0) is 68.6 Å². The summed E-state index contributed by atoms with van der Waals surface area (Å²) in [6.07, 6.45) is 11.1. The molecule has 0 bridgehead atoms. The highest BCUT2D eigenvalue weighted by Gasteiger charge is 2.35. The van der Waals surface area contributed by atoms with Crippen molar-refractivity contribution in [2.75, 3.05) is 6.61 Å². The first kappa shape index (κ1) is 14.0. The third kappa shape index (κ3) is 3.57. The van der Waals surface area contributed by atoms with Gasteiger partial charge in [-0.1, -0.05) is 19.1 Å². The number of aliphatic hydroxyl groups excluding tert-OH is 1. The molecule has 0 aromatic rings. The highest BCUT2D eigenvalue weighted by Crippen LogP contribution is 2.41. The molecule has 0 radical (unpaired) electrons. The average Bonchev–Trinajstić information content (AvgIpc) is 2.38. The van der Waals surface area contributed by atoms with Crippen LogP contribution >= 0.6 is 0 Å². The minimum atomic E-state index is -0.620. The topological polar surface area (TPSA) is 20.2 Å². The summed E-state index contributed by atoms with van der Waals surface area (Å²) in [5, 5.41) is 8.84. The summed E-state index contributed by atoms with van der Waals surface area (Å²) in [5.41, 5.74) is 0. The van der Waals surface area contributed by atoms with E-state index in [4.69, 9.17) is 5.11 Å². The molecule has 2 rings (SSSR count). The fourth-order valence-electron chi connectivity index (χ4n) is 3.68. The van der Waals surface area contributed by atoms with Crippen LogP contribution in [0.15, 0.2) is 12.2 Å². The van der Waals surface area contributed by atoms with Crippen LogP contribution < -0.4 is 0 Å². The smallest absolute Gasteiger partial charge is 0.104 e. The van der Waals surface area contributed by atoms with Crippen LogP contribution in [-0.4, -0.2) is 17.9 Å². The van der Waals surface area contributed by atoms with Gasteiger partial charge in [0.1, 0.15) is 6.17 Å². The molecule has 0 saturated heterocycles. The number of allylic oxidation sites excluding steroid dienone is 2. The summed E-state index contributed by atoms with van der Waals surface area (Å²) in [4.78, 5) is 0. The third-order valence-corrected chi connectivity index (χ3v) is 4.89. The molecular weight excluding hydrogens is 227 g/mol. The second-order valence-corrected chi connectivity index (χ2v) is 6.33. The Balaban J connectivity index is 1.83. The molecule has 0 aliphatic heterocycles. The number of rotatable bonds is 4. The second kappa shape index (κ2) is 6.70. The molecule has 2 aliphatic carbocycles. The van der Waals surface area contributed by atoms with Gasteiger partial charge in [-0.3, -0.25) is 0 Å². The van der Waals surface area contributed by atoms with Gasteiger partial charge in [0.15, 0.2) is 0 Å². The van der Waals surface area contributed by atoms with Gasteiger partial charge in [0, 0.05) is 6.61 Å². The molecule has 104 valence electrons. The Hall–Kier alpha value is -0.370. The number of alkyl halides is 1. The lowest BCUT2D eigenvalue weighted by molar-refractivity contribution is 0.0851. The highest BCUT2D eigenvalue weighted by atomic mass is 19.1. The maximum absolute atomic E-state index is 14.3. The number of hydrogen-bond donors (Lipinski definition) is 1. The van der Waals surface area contributed by atoms with Crippen LogP contribution in [0.25, 0.3) is 0 Å². The van der Waals surface area contributed by atoms with Crippen molar-refractivity contribution < 1.29 is 9.50 Å². The largest absolute Gasteiger partial charge is 0.396 e. The summed E-state index contributed by atoms with van der Waals surface area (Å²) >= 11 is 0. The molecule has 5 unspecified atom stereocenters. The summed E-state index contributed by atoms with van der Waals surface area (Å²) in [6.45, 7) is 2.49. The molecule has 0 aromatic carbocycles. The Labute approximate surface area is 110 Å². The molecule has 0 spiro atoms. The zero-order valence-corrected chi connectivity index (χ0v) is 11.5. The molecule has 5 atom stereocenters. The van der Waals surface area contributed by atoms with E-state index < -0.39 is 6.17 Å². The lowest BCUT2D eigenvalue weighted by Crippen LogP contribution is -2.32. The molecule has 1 nitrogen and oxygen atoms in total. The first-order valence-corrected chi connectivity index (χ1v) is 7.64. The van der Waals surface area contributed by atoms with Crippen LogP contribution in [-0.2, 0) is 0 Å².